The quantitative estimate of drug-likeness (QED) is 0.0990. The minimum absolute atomic E-state index is 0.00938. The van der Waals surface area contributed by atoms with Crippen molar-refractivity contribution in [3.63, 3.8) is 0 Å². The van der Waals surface area contributed by atoms with Crippen LogP contribution in [-0.4, -0.2) is 40.3 Å². The molecule has 0 amide bonds. The molecule has 0 aliphatic rings. The number of hydrogen-bond acceptors (Lipinski definition) is 8. The summed E-state index contributed by atoms with van der Waals surface area (Å²) < 4.78 is 31.1. The predicted octanol–water partition coefficient (Wildman–Crippen LogP) is 7.49. The Bertz CT molecular complexity index is 1670. The average Bonchev–Trinajstić information content (AvgIpc) is 3.46. The molecular weight excluding hydrogens is 654 g/mol. The molecule has 0 spiro atoms. The maximum absolute atomic E-state index is 13.9. The molecule has 39 heavy (non-hydrogen) atoms. The lowest BCUT2D eigenvalue weighted by molar-refractivity contribution is 0.140. The molecular formula is C25H25F2IN9PS. The topological polar surface area (TPSA) is 98.4 Å². The lowest BCUT2D eigenvalue weighted by atomic mass is 10.1. The number of fused-ring (bicyclic) bond motifs is 1. The number of nitrogens with one attached hydrogen (secondary N) is 2. The van der Waals surface area contributed by atoms with Gasteiger partial charge in [0.2, 0.25) is 0 Å². The standard InChI is InChI=1S/C25H25F2IN9PS/c1-12-8-17(35-36(12)4)15-6-7-16(19(9-15)39-5)31-18-10-20(32-21-11-29-13(2)14(3)30-21)33-24-22(18)34-25(23(26)27)37(24)38-28/h6-11,23,38H,1-5H3,(H2,30,31,32,33). The first-order valence-electron chi connectivity index (χ1n) is 11.8. The number of aryl methyl sites for hydroxylation is 4. The van der Waals surface area contributed by atoms with Gasteiger partial charge >= 0.3 is 0 Å². The van der Waals surface area contributed by atoms with Crippen LogP contribution < -0.4 is 10.6 Å². The normalized spacial score (nSPS) is 11.8. The minimum atomic E-state index is -2.74. The van der Waals surface area contributed by atoms with Gasteiger partial charge in [0, 0.05) is 29.3 Å². The Morgan fingerprint density at radius 3 is 2.41 bits per heavy atom. The van der Waals surface area contributed by atoms with Crippen molar-refractivity contribution in [3.8, 4) is 11.3 Å². The van der Waals surface area contributed by atoms with Crippen LogP contribution in [0.1, 0.15) is 29.3 Å². The smallest absolute Gasteiger partial charge is 0.295 e. The highest BCUT2D eigenvalue weighted by atomic mass is 127. The summed E-state index contributed by atoms with van der Waals surface area (Å²) in [7, 11) is 1.91. The average molecular weight is 679 g/mol. The molecule has 5 aromatic rings. The number of aromatic nitrogens is 7. The van der Waals surface area contributed by atoms with E-state index in [1.807, 2.05) is 57.0 Å². The predicted molar refractivity (Wildman–Crippen MR) is 163 cm³/mol. The molecule has 1 atom stereocenters. The van der Waals surface area contributed by atoms with Gasteiger partial charge in [0.05, 0.1) is 41.0 Å². The van der Waals surface area contributed by atoms with Gasteiger partial charge in [0.25, 0.3) is 6.43 Å². The van der Waals surface area contributed by atoms with E-state index in [1.54, 1.807) is 24.0 Å². The maximum Gasteiger partial charge on any atom is 0.295 e. The van der Waals surface area contributed by atoms with E-state index in [4.69, 9.17) is 0 Å². The molecule has 9 nitrogen and oxygen atoms in total. The Morgan fingerprint density at radius 2 is 1.77 bits per heavy atom. The zero-order valence-corrected chi connectivity index (χ0v) is 25.7. The van der Waals surface area contributed by atoms with Crippen LogP contribution in [0.25, 0.3) is 22.4 Å². The zero-order chi connectivity index (χ0) is 27.8. The van der Waals surface area contributed by atoms with E-state index >= 15 is 0 Å². The van der Waals surface area contributed by atoms with E-state index in [1.165, 1.54) is 4.34 Å². The molecule has 1 unspecified atom stereocenters. The molecule has 0 saturated carbocycles. The van der Waals surface area contributed by atoms with Crippen LogP contribution in [0, 0.1) is 20.8 Å². The summed E-state index contributed by atoms with van der Waals surface area (Å²) in [6.07, 6.45) is 0.860. The van der Waals surface area contributed by atoms with Gasteiger partial charge < -0.3 is 10.6 Å². The molecule has 0 aliphatic carbocycles. The van der Waals surface area contributed by atoms with Crippen LogP contribution in [0.15, 0.2) is 41.4 Å². The summed E-state index contributed by atoms with van der Waals surface area (Å²) in [5.41, 5.74) is 6.62. The Morgan fingerprint density at radius 1 is 0.974 bits per heavy atom. The Kier molecular flexibility index (Phi) is 8.01. The van der Waals surface area contributed by atoms with E-state index in [0.29, 0.717) is 28.5 Å². The number of hydrogen-bond donors (Lipinski definition) is 2. The number of imidazole rings is 1. The molecule has 0 aliphatic heterocycles. The van der Waals surface area contributed by atoms with Crippen molar-refractivity contribution in [1.82, 2.24) is 34.1 Å². The summed E-state index contributed by atoms with van der Waals surface area (Å²) in [5, 5.41) is 11.2. The third kappa shape index (κ3) is 5.57. The first-order valence-corrected chi connectivity index (χ1v) is 17.1. The van der Waals surface area contributed by atoms with Gasteiger partial charge in [-0.1, -0.05) is 6.07 Å². The van der Waals surface area contributed by atoms with Gasteiger partial charge in [0.1, 0.15) is 17.2 Å². The number of nitrogens with zero attached hydrogens (tertiary/aromatic N) is 7. The van der Waals surface area contributed by atoms with Gasteiger partial charge in [-0.2, -0.15) is 5.10 Å². The van der Waals surface area contributed by atoms with E-state index in [0.717, 1.165) is 38.9 Å². The number of anilines is 4. The van der Waals surface area contributed by atoms with Gasteiger partial charge in [0.15, 0.2) is 11.5 Å². The fourth-order valence-corrected chi connectivity index (χ4v) is 6.47. The van der Waals surface area contributed by atoms with Crippen LogP contribution in [0.2, 0.25) is 0 Å². The second-order valence-electron chi connectivity index (χ2n) is 8.80. The highest BCUT2D eigenvalue weighted by molar-refractivity contribution is 14.2. The van der Waals surface area contributed by atoms with Crippen LogP contribution in [0.5, 0.6) is 0 Å². The third-order valence-electron chi connectivity index (χ3n) is 6.25. The van der Waals surface area contributed by atoms with Crippen molar-refractivity contribution in [2.24, 2.45) is 7.05 Å². The molecule has 0 saturated heterocycles. The number of alkyl halides is 2. The van der Waals surface area contributed by atoms with Crippen LogP contribution in [-0.2, 0) is 7.05 Å². The lowest BCUT2D eigenvalue weighted by Gasteiger charge is -2.14. The summed E-state index contributed by atoms with van der Waals surface area (Å²) >= 11 is 3.64. The van der Waals surface area contributed by atoms with Gasteiger partial charge in [-0.05, 0) is 67.3 Å². The number of pyridine rings is 1. The van der Waals surface area contributed by atoms with Crippen molar-refractivity contribution in [1.29, 1.82) is 0 Å². The summed E-state index contributed by atoms with van der Waals surface area (Å²) in [6, 6.07) is 9.80. The van der Waals surface area contributed by atoms with E-state index < -0.39 is 6.43 Å². The molecule has 202 valence electrons. The highest BCUT2D eigenvalue weighted by Crippen LogP contribution is 2.40. The summed E-state index contributed by atoms with van der Waals surface area (Å²) in [4.78, 5) is 18.8. The van der Waals surface area contributed by atoms with Crippen molar-refractivity contribution in [3.05, 3.63) is 59.4 Å². The Labute approximate surface area is 243 Å². The van der Waals surface area contributed by atoms with Crippen LogP contribution in [0.3, 0.4) is 0 Å². The first kappa shape index (κ1) is 27.7. The van der Waals surface area contributed by atoms with Gasteiger partial charge in [-0.3, -0.25) is 14.0 Å². The number of rotatable bonds is 8. The van der Waals surface area contributed by atoms with Gasteiger partial charge in [-0.25, -0.2) is 23.7 Å². The van der Waals surface area contributed by atoms with Crippen molar-refractivity contribution < 1.29 is 8.78 Å². The largest absolute Gasteiger partial charge is 0.353 e. The molecule has 1 aromatic carbocycles. The fraction of sp³-hybridized carbons (Fsp3) is 0.240. The van der Waals surface area contributed by atoms with E-state index in [-0.39, 0.29) is 12.2 Å². The molecule has 0 radical (unpaired) electrons. The van der Waals surface area contributed by atoms with Crippen LogP contribution in [0.4, 0.5) is 31.8 Å². The Balaban J connectivity index is 1.60. The number of thioether (sulfide) groups is 1. The molecule has 0 bridgehead atoms. The second kappa shape index (κ2) is 11.3. The van der Waals surface area contributed by atoms with Crippen molar-refractivity contribution in [2.45, 2.75) is 32.1 Å². The summed E-state index contributed by atoms with van der Waals surface area (Å²) in [5.74, 6) is 0.626. The van der Waals surface area contributed by atoms with Crippen molar-refractivity contribution in [2.75, 3.05) is 16.9 Å². The molecule has 0 fully saturated rings. The van der Waals surface area contributed by atoms with Crippen LogP contribution >= 0.6 is 40.2 Å². The molecule has 2 N–H and O–H groups in total. The van der Waals surface area contributed by atoms with E-state index in [9.17, 15) is 8.78 Å². The maximum atomic E-state index is 13.9. The first-order chi connectivity index (χ1) is 18.7. The number of halogens is 3. The second-order valence-corrected chi connectivity index (χ2v) is 11.7. The lowest BCUT2D eigenvalue weighted by Crippen LogP contribution is -2.03. The SMILES string of the molecule is CSc1cc(-c2cc(C)n(C)n2)ccc1Nc1cc(Nc2cnc(C)c(C)n2)nc2c1nc(C(F)F)n2PI. The zero-order valence-electron chi connectivity index (χ0n) is 21.7. The third-order valence-corrected chi connectivity index (χ3v) is 9.08. The highest BCUT2D eigenvalue weighted by Gasteiger charge is 2.23. The summed E-state index contributed by atoms with van der Waals surface area (Å²) in [6.45, 7) is 5.76. The molecule has 4 heterocycles. The van der Waals surface area contributed by atoms with Gasteiger partial charge in [-0.15, -0.1) is 11.8 Å². The minimum Gasteiger partial charge on any atom is -0.353 e. The van der Waals surface area contributed by atoms with Crippen molar-refractivity contribution >= 4 is 74.4 Å². The van der Waals surface area contributed by atoms with E-state index in [2.05, 4.69) is 63.8 Å². The Hall–Kier alpha value is -2.90. The molecule has 5 rings (SSSR count). The molecule has 14 heteroatoms. The monoisotopic (exact) mass is 679 g/mol. The number of benzene rings is 1. The molecule has 4 aromatic heterocycles. The fourth-order valence-electron chi connectivity index (χ4n) is 3.99.